The van der Waals surface area contributed by atoms with Crippen molar-refractivity contribution in [3.8, 4) is 11.8 Å². The van der Waals surface area contributed by atoms with Gasteiger partial charge in [0.25, 0.3) is 0 Å². The predicted molar refractivity (Wildman–Crippen MR) is 63.0 cm³/mol. The monoisotopic (exact) mass is 219 g/mol. The smallest absolute Gasteiger partial charge is 0.0627 e. The molecule has 15 heavy (non-hydrogen) atoms. The lowest BCUT2D eigenvalue weighted by Crippen LogP contribution is -2.10. The first-order chi connectivity index (χ1) is 7.42. The van der Waals surface area contributed by atoms with Crippen molar-refractivity contribution in [2.75, 3.05) is 5.88 Å². The summed E-state index contributed by atoms with van der Waals surface area (Å²) in [5.41, 5.74) is 2.56. The Bertz CT molecular complexity index is 389. The van der Waals surface area contributed by atoms with Crippen LogP contribution < -0.4 is 0 Å². The van der Waals surface area contributed by atoms with Crippen LogP contribution in [0.5, 0.6) is 0 Å². The molecular weight excluding hydrogens is 206 g/mol. The Morgan fingerprint density at radius 3 is 3.33 bits per heavy atom. The third kappa shape index (κ3) is 2.52. The predicted octanol–water partition coefficient (Wildman–Crippen LogP) is 3.13. The fraction of sp³-hybridized carbons (Fsp3) is 0.462. The lowest BCUT2D eigenvalue weighted by atomic mass is 9.87. The normalized spacial score (nSPS) is 18.9. The molecular formula is C13H14ClN. The number of hydrogen-bond acceptors (Lipinski definition) is 1. The van der Waals surface area contributed by atoms with Gasteiger partial charge >= 0.3 is 0 Å². The Morgan fingerprint density at radius 2 is 2.47 bits per heavy atom. The van der Waals surface area contributed by atoms with E-state index in [1.165, 1.54) is 17.7 Å². The average molecular weight is 220 g/mol. The fourth-order valence-corrected chi connectivity index (χ4v) is 2.09. The van der Waals surface area contributed by atoms with Crippen LogP contribution in [-0.4, -0.2) is 10.9 Å². The van der Waals surface area contributed by atoms with Gasteiger partial charge in [-0.1, -0.05) is 12.0 Å². The molecule has 0 bridgehead atoms. The summed E-state index contributed by atoms with van der Waals surface area (Å²) in [6.07, 6.45) is 6.15. The van der Waals surface area contributed by atoms with Crippen molar-refractivity contribution in [2.45, 2.75) is 31.6 Å². The van der Waals surface area contributed by atoms with Gasteiger partial charge in [-0.2, -0.15) is 0 Å². The lowest BCUT2D eigenvalue weighted by Gasteiger charge is -2.19. The third-order valence-electron chi connectivity index (χ3n) is 2.69. The van der Waals surface area contributed by atoms with E-state index < -0.39 is 0 Å². The molecule has 0 saturated carbocycles. The summed E-state index contributed by atoms with van der Waals surface area (Å²) in [5.74, 6) is 7.36. The Labute approximate surface area is 95.9 Å². The molecule has 0 aromatic carbocycles. The number of aryl methyl sites for hydroxylation is 1. The molecule has 0 aliphatic heterocycles. The largest absolute Gasteiger partial charge is 0.260 e. The molecule has 1 aromatic heterocycles. The summed E-state index contributed by atoms with van der Waals surface area (Å²) in [6, 6.07) is 4.17. The van der Waals surface area contributed by atoms with E-state index in [0.29, 0.717) is 11.8 Å². The van der Waals surface area contributed by atoms with Gasteiger partial charge in [0.1, 0.15) is 0 Å². The molecule has 0 saturated heterocycles. The SMILES string of the molecule is ClCCC#CC1CCCc2cccnc21. The Morgan fingerprint density at radius 1 is 1.53 bits per heavy atom. The fourth-order valence-electron chi connectivity index (χ4n) is 1.99. The van der Waals surface area contributed by atoms with E-state index in [9.17, 15) is 0 Å². The molecule has 1 nitrogen and oxygen atoms in total. The number of halogens is 1. The highest BCUT2D eigenvalue weighted by atomic mass is 35.5. The van der Waals surface area contributed by atoms with Crippen molar-refractivity contribution in [1.82, 2.24) is 4.98 Å². The van der Waals surface area contributed by atoms with Crippen molar-refractivity contribution in [1.29, 1.82) is 0 Å². The van der Waals surface area contributed by atoms with Crippen LogP contribution >= 0.6 is 11.6 Å². The van der Waals surface area contributed by atoms with Crippen molar-refractivity contribution >= 4 is 11.6 Å². The van der Waals surface area contributed by atoms with Gasteiger partial charge in [0.2, 0.25) is 0 Å². The lowest BCUT2D eigenvalue weighted by molar-refractivity contribution is 0.623. The van der Waals surface area contributed by atoms with Crippen molar-refractivity contribution < 1.29 is 0 Å². The molecule has 1 heterocycles. The highest BCUT2D eigenvalue weighted by Crippen LogP contribution is 2.28. The van der Waals surface area contributed by atoms with Crippen LogP contribution in [0.1, 0.15) is 36.4 Å². The molecule has 1 aliphatic rings. The van der Waals surface area contributed by atoms with Crippen LogP contribution in [0.25, 0.3) is 0 Å². The van der Waals surface area contributed by atoms with Gasteiger partial charge in [0, 0.05) is 18.5 Å². The summed E-state index contributed by atoms with van der Waals surface area (Å²) in [4.78, 5) is 4.44. The molecule has 0 radical (unpaired) electrons. The van der Waals surface area contributed by atoms with Crippen molar-refractivity contribution in [2.24, 2.45) is 0 Å². The number of hydrogen-bond donors (Lipinski definition) is 0. The first-order valence-corrected chi connectivity index (χ1v) is 5.93. The average Bonchev–Trinajstić information content (AvgIpc) is 2.30. The first kappa shape index (κ1) is 10.5. The Balaban J connectivity index is 2.20. The first-order valence-electron chi connectivity index (χ1n) is 5.40. The zero-order valence-electron chi connectivity index (χ0n) is 8.67. The van der Waals surface area contributed by atoms with E-state index in [1.807, 2.05) is 12.3 Å². The highest BCUT2D eigenvalue weighted by Gasteiger charge is 2.18. The van der Waals surface area contributed by atoms with Crippen molar-refractivity contribution in [3.63, 3.8) is 0 Å². The summed E-state index contributed by atoms with van der Waals surface area (Å²) < 4.78 is 0. The van der Waals surface area contributed by atoms with Gasteiger partial charge in [-0.25, -0.2) is 0 Å². The maximum absolute atomic E-state index is 5.60. The topological polar surface area (TPSA) is 12.9 Å². The zero-order valence-corrected chi connectivity index (χ0v) is 9.43. The molecule has 78 valence electrons. The van der Waals surface area contributed by atoms with E-state index in [2.05, 4.69) is 22.9 Å². The van der Waals surface area contributed by atoms with E-state index >= 15 is 0 Å². The van der Waals surface area contributed by atoms with Crippen molar-refractivity contribution in [3.05, 3.63) is 29.6 Å². The number of aromatic nitrogens is 1. The van der Waals surface area contributed by atoms with Crippen LogP contribution in [0.2, 0.25) is 0 Å². The van der Waals surface area contributed by atoms with Gasteiger partial charge in [-0.3, -0.25) is 4.98 Å². The molecule has 2 rings (SSSR count). The van der Waals surface area contributed by atoms with Crippen LogP contribution in [0.4, 0.5) is 0 Å². The molecule has 0 spiro atoms. The standard InChI is InChI=1S/C13H14ClN/c14-9-2-1-5-11-6-3-7-12-8-4-10-15-13(11)12/h4,8,10-11H,2-3,6-7,9H2. The number of fused-ring (bicyclic) bond motifs is 1. The van der Waals surface area contributed by atoms with Crippen LogP contribution in [0, 0.1) is 11.8 Å². The number of pyridine rings is 1. The van der Waals surface area contributed by atoms with Crippen LogP contribution in [0.15, 0.2) is 18.3 Å². The van der Waals surface area contributed by atoms with Gasteiger partial charge in [-0.05, 0) is 30.9 Å². The molecule has 1 unspecified atom stereocenters. The number of rotatable bonds is 1. The van der Waals surface area contributed by atoms with Gasteiger partial charge in [-0.15, -0.1) is 17.5 Å². The van der Waals surface area contributed by atoms with E-state index in [-0.39, 0.29) is 0 Å². The third-order valence-corrected chi connectivity index (χ3v) is 2.88. The molecule has 1 aliphatic carbocycles. The van der Waals surface area contributed by atoms with E-state index in [0.717, 1.165) is 19.3 Å². The second-order valence-corrected chi connectivity index (χ2v) is 4.13. The molecule has 1 atom stereocenters. The van der Waals surface area contributed by atoms with E-state index in [4.69, 9.17) is 11.6 Å². The minimum absolute atomic E-state index is 0.332. The quantitative estimate of drug-likeness (QED) is 0.523. The Hall–Kier alpha value is -1.00. The maximum Gasteiger partial charge on any atom is 0.0627 e. The second kappa shape index (κ2) is 5.19. The molecule has 2 heteroatoms. The summed E-state index contributed by atoms with van der Waals surface area (Å²) >= 11 is 5.60. The molecule has 1 aromatic rings. The van der Waals surface area contributed by atoms with Gasteiger partial charge < -0.3 is 0 Å². The minimum Gasteiger partial charge on any atom is -0.260 e. The van der Waals surface area contributed by atoms with Gasteiger partial charge in [0.15, 0.2) is 0 Å². The van der Waals surface area contributed by atoms with Gasteiger partial charge in [0.05, 0.1) is 11.6 Å². The van der Waals surface area contributed by atoms with Crippen LogP contribution in [0.3, 0.4) is 0 Å². The summed E-state index contributed by atoms with van der Waals surface area (Å²) in [6.45, 7) is 0. The van der Waals surface area contributed by atoms with Crippen LogP contribution in [-0.2, 0) is 6.42 Å². The number of nitrogens with zero attached hydrogens (tertiary/aromatic N) is 1. The molecule has 0 fully saturated rings. The minimum atomic E-state index is 0.332. The van der Waals surface area contributed by atoms with E-state index in [1.54, 1.807) is 0 Å². The Kier molecular flexibility index (Phi) is 3.64. The highest BCUT2D eigenvalue weighted by molar-refractivity contribution is 6.18. The second-order valence-electron chi connectivity index (χ2n) is 3.75. The summed E-state index contributed by atoms with van der Waals surface area (Å²) in [5, 5.41) is 0. The maximum atomic E-state index is 5.60. The molecule has 0 N–H and O–H groups in total. The zero-order chi connectivity index (χ0) is 10.5. The molecule has 0 amide bonds. The summed E-state index contributed by atoms with van der Waals surface area (Å²) in [7, 11) is 0. The number of alkyl halides is 1.